The number of aryl methyl sites for hydroxylation is 2. The van der Waals surface area contributed by atoms with Crippen molar-refractivity contribution in [2.75, 3.05) is 7.11 Å². The molecule has 5 heteroatoms. The zero-order valence-electron chi connectivity index (χ0n) is 8.19. The summed E-state index contributed by atoms with van der Waals surface area (Å²) in [5.41, 5.74) is 0.536. The Balaban J connectivity index is 2.71. The Hall–Kier alpha value is -1.65. The Morgan fingerprint density at radius 3 is 3.00 bits per heavy atom. The highest BCUT2D eigenvalue weighted by Gasteiger charge is 2.02. The summed E-state index contributed by atoms with van der Waals surface area (Å²) in [5.74, 6) is -0.335. The van der Waals surface area contributed by atoms with Crippen LogP contribution in [-0.4, -0.2) is 22.6 Å². The van der Waals surface area contributed by atoms with Crippen molar-refractivity contribution in [1.82, 2.24) is 9.55 Å². The zero-order valence-corrected chi connectivity index (χ0v) is 8.19. The Bertz CT molecular complexity index is 384. The van der Waals surface area contributed by atoms with Crippen LogP contribution < -0.4 is 5.69 Å². The average Bonchev–Trinajstić information content (AvgIpc) is 2.19. The van der Waals surface area contributed by atoms with Gasteiger partial charge < -0.3 is 4.74 Å². The molecule has 0 amide bonds. The van der Waals surface area contributed by atoms with Crippen LogP contribution in [0.15, 0.2) is 17.2 Å². The monoisotopic (exact) mass is 196 g/mol. The van der Waals surface area contributed by atoms with E-state index in [9.17, 15) is 9.59 Å². The summed E-state index contributed by atoms with van der Waals surface area (Å²) in [6, 6.07) is 0. The Kier molecular flexibility index (Phi) is 3.39. The normalized spacial score (nSPS) is 9.86. The molecular weight excluding hydrogens is 184 g/mol. The van der Waals surface area contributed by atoms with Gasteiger partial charge in [-0.05, 0) is 12.5 Å². The molecule has 1 rings (SSSR count). The van der Waals surface area contributed by atoms with Gasteiger partial charge in [0.25, 0.3) is 0 Å². The third-order valence-corrected chi connectivity index (χ3v) is 1.77. The molecule has 1 aromatic rings. The molecule has 0 bridgehead atoms. The third kappa shape index (κ3) is 2.69. The number of aromatic nitrogens is 2. The molecule has 76 valence electrons. The van der Waals surface area contributed by atoms with E-state index in [2.05, 4.69) is 9.72 Å². The van der Waals surface area contributed by atoms with Gasteiger partial charge in [0.2, 0.25) is 0 Å². The van der Waals surface area contributed by atoms with Crippen LogP contribution in [0, 0.1) is 6.92 Å². The van der Waals surface area contributed by atoms with Gasteiger partial charge >= 0.3 is 11.7 Å². The van der Waals surface area contributed by atoms with E-state index in [1.165, 1.54) is 17.9 Å². The molecule has 1 heterocycles. The van der Waals surface area contributed by atoms with Gasteiger partial charge in [-0.15, -0.1) is 0 Å². The molecule has 0 aliphatic carbocycles. The first-order valence-electron chi connectivity index (χ1n) is 4.23. The molecule has 14 heavy (non-hydrogen) atoms. The minimum Gasteiger partial charge on any atom is -0.469 e. The van der Waals surface area contributed by atoms with Gasteiger partial charge in [0.15, 0.2) is 0 Å². The summed E-state index contributed by atoms with van der Waals surface area (Å²) in [7, 11) is 1.32. The number of nitrogens with zero attached hydrogens (tertiary/aromatic N) is 2. The molecule has 0 saturated carbocycles. The van der Waals surface area contributed by atoms with E-state index in [0.29, 0.717) is 6.54 Å². The van der Waals surface area contributed by atoms with Crippen LogP contribution in [0.4, 0.5) is 0 Å². The number of carbonyl (C=O) groups excluding carboxylic acids is 1. The third-order valence-electron chi connectivity index (χ3n) is 1.77. The fourth-order valence-corrected chi connectivity index (χ4v) is 1.04. The van der Waals surface area contributed by atoms with Crippen LogP contribution in [0.25, 0.3) is 0 Å². The molecule has 0 unspecified atom stereocenters. The van der Waals surface area contributed by atoms with Crippen LogP contribution in [0.2, 0.25) is 0 Å². The van der Waals surface area contributed by atoms with Crippen molar-refractivity contribution < 1.29 is 9.53 Å². The summed E-state index contributed by atoms with van der Waals surface area (Å²) >= 11 is 0. The highest BCUT2D eigenvalue weighted by molar-refractivity contribution is 5.68. The molecule has 0 spiro atoms. The minimum absolute atomic E-state index is 0.182. The van der Waals surface area contributed by atoms with Gasteiger partial charge in [-0.2, -0.15) is 0 Å². The van der Waals surface area contributed by atoms with Gasteiger partial charge in [-0.1, -0.05) is 0 Å². The van der Waals surface area contributed by atoms with Crippen molar-refractivity contribution in [3.63, 3.8) is 0 Å². The molecule has 0 aromatic carbocycles. The van der Waals surface area contributed by atoms with E-state index in [-0.39, 0.29) is 18.1 Å². The Labute approximate surface area is 81.3 Å². The lowest BCUT2D eigenvalue weighted by atomic mass is 10.4. The maximum Gasteiger partial charge on any atom is 0.347 e. The van der Waals surface area contributed by atoms with Crippen LogP contribution in [0.1, 0.15) is 12.0 Å². The van der Waals surface area contributed by atoms with Crippen LogP contribution in [0.3, 0.4) is 0 Å². The van der Waals surface area contributed by atoms with E-state index in [0.717, 1.165) is 5.56 Å². The van der Waals surface area contributed by atoms with Crippen molar-refractivity contribution in [3.8, 4) is 0 Å². The molecule has 0 fully saturated rings. The van der Waals surface area contributed by atoms with Crippen molar-refractivity contribution in [2.24, 2.45) is 0 Å². The number of methoxy groups -OCH3 is 1. The molecule has 1 aromatic heterocycles. The smallest absolute Gasteiger partial charge is 0.347 e. The molecule has 5 nitrogen and oxygen atoms in total. The largest absolute Gasteiger partial charge is 0.469 e. The predicted octanol–water partition coefficient (Wildman–Crippen LogP) is 0.115. The highest BCUT2D eigenvalue weighted by atomic mass is 16.5. The Morgan fingerprint density at radius 1 is 1.64 bits per heavy atom. The fraction of sp³-hybridized carbons (Fsp3) is 0.444. The number of esters is 1. The van der Waals surface area contributed by atoms with Crippen molar-refractivity contribution in [2.45, 2.75) is 19.9 Å². The molecule has 0 aliphatic rings. The predicted molar refractivity (Wildman–Crippen MR) is 49.9 cm³/mol. The summed E-state index contributed by atoms with van der Waals surface area (Å²) in [6.45, 7) is 2.14. The molecular formula is C9H12N2O3. The van der Waals surface area contributed by atoms with E-state index < -0.39 is 0 Å². The Morgan fingerprint density at radius 2 is 2.36 bits per heavy atom. The van der Waals surface area contributed by atoms with Gasteiger partial charge in [0.1, 0.15) is 0 Å². The standard InChI is InChI=1S/C9H12N2O3/c1-7-5-10-9(13)11(6-7)4-3-8(12)14-2/h5-6H,3-4H2,1-2H3. The number of hydrogen-bond acceptors (Lipinski definition) is 4. The SMILES string of the molecule is COC(=O)CCn1cc(C)cnc1=O. The quantitative estimate of drug-likeness (QED) is 0.644. The number of hydrogen-bond donors (Lipinski definition) is 0. The van der Waals surface area contributed by atoms with Gasteiger partial charge in [-0.3, -0.25) is 9.36 Å². The molecule has 0 N–H and O–H groups in total. The van der Waals surface area contributed by atoms with Crippen molar-refractivity contribution >= 4 is 5.97 Å². The number of carbonyl (C=O) groups is 1. The van der Waals surface area contributed by atoms with Crippen LogP contribution >= 0.6 is 0 Å². The van der Waals surface area contributed by atoms with Gasteiger partial charge in [0.05, 0.1) is 13.5 Å². The zero-order chi connectivity index (χ0) is 10.6. The lowest BCUT2D eigenvalue weighted by molar-refractivity contribution is -0.140. The van der Waals surface area contributed by atoms with E-state index in [4.69, 9.17) is 0 Å². The van der Waals surface area contributed by atoms with Crippen molar-refractivity contribution in [3.05, 3.63) is 28.4 Å². The summed E-state index contributed by atoms with van der Waals surface area (Å²) in [6.07, 6.45) is 3.34. The fourth-order valence-electron chi connectivity index (χ4n) is 1.04. The molecule has 0 aliphatic heterocycles. The molecule has 0 atom stereocenters. The lowest BCUT2D eigenvalue weighted by Gasteiger charge is -2.03. The first-order chi connectivity index (χ1) is 6.63. The number of ether oxygens (including phenoxy) is 1. The summed E-state index contributed by atoms with van der Waals surface area (Å²) < 4.78 is 5.86. The second-order valence-corrected chi connectivity index (χ2v) is 2.93. The van der Waals surface area contributed by atoms with E-state index in [1.807, 2.05) is 6.92 Å². The van der Waals surface area contributed by atoms with Crippen molar-refractivity contribution in [1.29, 1.82) is 0 Å². The lowest BCUT2D eigenvalue weighted by Crippen LogP contribution is -2.23. The maximum absolute atomic E-state index is 11.2. The van der Waals surface area contributed by atoms with E-state index >= 15 is 0 Å². The highest BCUT2D eigenvalue weighted by Crippen LogP contribution is 1.93. The summed E-state index contributed by atoms with van der Waals surface area (Å²) in [5, 5.41) is 0. The summed E-state index contributed by atoms with van der Waals surface area (Å²) in [4.78, 5) is 25.6. The minimum atomic E-state index is -0.348. The van der Waals surface area contributed by atoms with Crippen LogP contribution in [0.5, 0.6) is 0 Å². The second-order valence-electron chi connectivity index (χ2n) is 2.93. The van der Waals surface area contributed by atoms with Crippen LogP contribution in [-0.2, 0) is 16.1 Å². The average molecular weight is 196 g/mol. The first-order valence-corrected chi connectivity index (χ1v) is 4.23. The van der Waals surface area contributed by atoms with E-state index in [1.54, 1.807) is 6.20 Å². The second kappa shape index (κ2) is 4.55. The van der Waals surface area contributed by atoms with Gasteiger partial charge in [0, 0.05) is 18.9 Å². The topological polar surface area (TPSA) is 61.2 Å². The maximum atomic E-state index is 11.2. The first kappa shape index (κ1) is 10.4. The van der Waals surface area contributed by atoms with Gasteiger partial charge in [-0.25, -0.2) is 9.78 Å². The molecule has 0 radical (unpaired) electrons. The number of rotatable bonds is 3. The molecule has 0 saturated heterocycles.